The van der Waals surface area contributed by atoms with Crippen molar-refractivity contribution in [2.75, 3.05) is 13.1 Å². The number of aromatic nitrogens is 1. The maximum Gasteiger partial charge on any atom is 0.317 e. The van der Waals surface area contributed by atoms with E-state index in [1.807, 2.05) is 25.1 Å². The average Bonchev–Trinajstić information content (AvgIpc) is 2.53. The second-order valence-electron chi connectivity index (χ2n) is 5.41. The van der Waals surface area contributed by atoms with Crippen LogP contribution in [0.5, 0.6) is 0 Å². The van der Waals surface area contributed by atoms with E-state index >= 15 is 0 Å². The SMILES string of the molecule is CCC1(C(=O)O)CCN(C(=O)NCc2ccccn2)CC1. The van der Waals surface area contributed by atoms with Gasteiger partial charge in [0.05, 0.1) is 17.7 Å². The number of hydrogen-bond acceptors (Lipinski definition) is 3. The Bertz CT molecular complexity index is 496. The lowest BCUT2D eigenvalue weighted by atomic mass is 9.76. The fraction of sp³-hybridized carbons (Fsp3) is 0.533. The van der Waals surface area contributed by atoms with Gasteiger partial charge in [0, 0.05) is 19.3 Å². The summed E-state index contributed by atoms with van der Waals surface area (Å²) in [7, 11) is 0. The first-order chi connectivity index (χ1) is 10.1. The Labute approximate surface area is 124 Å². The largest absolute Gasteiger partial charge is 0.481 e. The lowest BCUT2D eigenvalue weighted by Crippen LogP contribution is -2.49. The molecule has 1 aromatic rings. The highest BCUT2D eigenvalue weighted by Crippen LogP contribution is 2.35. The van der Waals surface area contributed by atoms with Gasteiger partial charge in [-0.3, -0.25) is 9.78 Å². The van der Waals surface area contributed by atoms with Gasteiger partial charge in [0.25, 0.3) is 0 Å². The molecule has 2 heterocycles. The van der Waals surface area contributed by atoms with E-state index in [1.165, 1.54) is 0 Å². The number of carbonyl (C=O) groups excluding carboxylic acids is 1. The highest BCUT2D eigenvalue weighted by atomic mass is 16.4. The van der Waals surface area contributed by atoms with Crippen molar-refractivity contribution < 1.29 is 14.7 Å². The van der Waals surface area contributed by atoms with Crippen LogP contribution < -0.4 is 5.32 Å². The molecular weight excluding hydrogens is 270 g/mol. The van der Waals surface area contributed by atoms with Crippen LogP contribution in [0.15, 0.2) is 24.4 Å². The molecule has 0 aliphatic carbocycles. The molecule has 0 bridgehead atoms. The molecule has 1 fully saturated rings. The van der Waals surface area contributed by atoms with Gasteiger partial charge in [0.1, 0.15) is 0 Å². The number of amides is 2. The summed E-state index contributed by atoms with van der Waals surface area (Å²) in [5.74, 6) is -0.751. The monoisotopic (exact) mass is 291 g/mol. The van der Waals surface area contributed by atoms with Crippen LogP contribution in [-0.2, 0) is 11.3 Å². The minimum atomic E-state index is -0.751. The molecule has 0 spiro atoms. The van der Waals surface area contributed by atoms with Crippen molar-refractivity contribution in [3.05, 3.63) is 30.1 Å². The molecule has 1 aliphatic heterocycles. The third kappa shape index (κ3) is 3.51. The summed E-state index contributed by atoms with van der Waals surface area (Å²) in [6.45, 7) is 3.24. The number of carboxylic acid groups (broad SMARTS) is 1. The quantitative estimate of drug-likeness (QED) is 0.887. The molecule has 0 unspecified atom stereocenters. The standard InChI is InChI=1S/C15H21N3O3/c1-2-15(13(19)20)6-9-18(10-7-15)14(21)17-11-12-5-3-4-8-16-12/h3-5,8H,2,6-7,9-11H2,1H3,(H,17,21)(H,19,20). The highest BCUT2D eigenvalue weighted by molar-refractivity contribution is 5.77. The third-order valence-corrected chi connectivity index (χ3v) is 4.29. The number of likely N-dealkylation sites (tertiary alicyclic amines) is 1. The van der Waals surface area contributed by atoms with E-state index in [2.05, 4.69) is 10.3 Å². The Hall–Kier alpha value is -2.11. The van der Waals surface area contributed by atoms with Crippen molar-refractivity contribution in [1.82, 2.24) is 15.2 Å². The molecule has 21 heavy (non-hydrogen) atoms. The van der Waals surface area contributed by atoms with Gasteiger partial charge in [-0.25, -0.2) is 4.79 Å². The summed E-state index contributed by atoms with van der Waals surface area (Å²) in [5.41, 5.74) is 0.133. The van der Waals surface area contributed by atoms with Gasteiger partial charge in [-0.05, 0) is 31.4 Å². The summed E-state index contributed by atoms with van der Waals surface area (Å²) in [5, 5.41) is 12.2. The molecule has 0 saturated carbocycles. The Balaban J connectivity index is 1.84. The maximum atomic E-state index is 12.1. The van der Waals surface area contributed by atoms with E-state index in [9.17, 15) is 14.7 Å². The molecule has 1 aromatic heterocycles. The molecule has 0 aromatic carbocycles. The molecule has 2 rings (SSSR count). The van der Waals surface area contributed by atoms with Crippen molar-refractivity contribution in [3.63, 3.8) is 0 Å². The Morgan fingerprint density at radius 1 is 1.38 bits per heavy atom. The van der Waals surface area contributed by atoms with Crippen LogP contribution in [0, 0.1) is 5.41 Å². The smallest absolute Gasteiger partial charge is 0.317 e. The third-order valence-electron chi connectivity index (χ3n) is 4.29. The van der Waals surface area contributed by atoms with Gasteiger partial charge < -0.3 is 15.3 Å². The first-order valence-corrected chi connectivity index (χ1v) is 7.23. The molecule has 2 N–H and O–H groups in total. The Morgan fingerprint density at radius 3 is 2.62 bits per heavy atom. The number of aliphatic carboxylic acids is 1. The second kappa shape index (κ2) is 6.56. The van der Waals surface area contributed by atoms with Crippen molar-refractivity contribution in [2.24, 2.45) is 5.41 Å². The molecule has 114 valence electrons. The number of nitrogens with one attached hydrogen (secondary N) is 1. The highest BCUT2D eigenvalue weighted by Gasteiger charge is 2.40. The number of carboxylic acids is 1. The van der Waals surface area contributed by atoms with Gasteiger partial charge in [0.2, 0.25) is 0 Å². The van der Waals surface area contributed by atoms with Gasteiger partial charge in [-0.2, -0.15) is 0 Å². The predicted octanol–water partition coefficient (Wildman–Crippen LogP) is 1.87. The maximum absolute atomic E-state index is 12.1. The van der Waals surface area contributed by atoms with E-state index in [-0.39, 0.29) is 6.03 Å². The topological polar surface area (TPSA) is 82.5 Å². The zero-order chi connectivity index (χ0) is 15.3. The minimum absolute atomic E-state index is 0.157. The van der Waals surface area contributed by atoms with Crippen LogP contribution in [0.1, 0.15) is 31.9 Å². The van der Waals surface area contributed by atoms with E-state index < -0.39 is 11.4 Å². The second-order valence-corrected chi connectivity index (χ2v) is 5.41. The predicted molar refractivity (Wildman–Crippen MR) is 77.6 cm³/mol. The fourth-order valence-corrected chi connectivity index (χ4v) is 2.64. The molecule has 6 nitrogen and oxygen atoms in total. The van der Waals surface area contributed by atoms with Crippen LogP contribution in [0.2, 0.25) is 0 Å². The van der Waals surface area contributed by atoms with Crippen molar-refractivity contribution in [2.45, 2.75) is 32.7 Å². The van der Waals surface area contributed by atoms with E-state index in [0.29, 0.717) is 38.9 Å². The van der Waals surface area contributed by atoms with Crippen LogP contribution in [0.3, 0.4) is 0 Å². The van der Waals surface area contributed by atoms with Crippen LogP contribution in [0.4, 0.5) is 4.79 Å². The van der Waals surface area contributed by atoms with Gasteiger partial charge in [0.15, 0.2) is 0 Å². The first-order valence-electron chi connectivity index (χ1n) is 7.23. The van der Waals surface area contributed by atoms with Gasteiger partial charge in [-0.15, -0.1) is 0 Å². The zero-order valence-corrected chi connectivity index (χ0v) is 12.2. The first kappa shape index (κ1) is 15.3. The molecule has 0 radical (unpaired) electrons. The molecule has 6 heteroatoms. The number of piperidine rings is 1. The molecule has 1 saturated heterocycles. The normalized spacial score (nSPS) is 17.3. The van der Waals surface area contributed by atoms with E-state index in [4.69, 9.17) is 0 Å². The van der Waals surface area contributed by atoms with E-state index in [0.717, 1.165) is 5.69 Å². The van der Waals surface area contributed by atoms with Crippen molar-refractivity contribution >= 4 is 12.0 Å². The number of hydrogen-bond donors (Lipinski definition) is 2. The molecule has 2 amide bonds. The van der Waals surface area contributed by atoms with E-state index in [1.54, 1.807) is 11.1 Å². The lowest BCUT2D eigenvalue weighted by Gasteiger charge is -2.38. The Morgan fingerprint density at radius 2 is 2.10 bits per heavy atom. The van der Waals surface area contributed by atoms with Crippen LogP contribution in [0.25, 0.3) is 0 Å². The van der Waals surface area contributed by atoms with Gasteiger partial charge >= 0.3 is 12.0 Å². The van der Waals surface area contributed by atoms with Gasteiger partial charge in [-0.1, -0.05) is 13.0 Å². The number of rotatable bonds is 4. The lowest BCUT2D eigenvalue weighted by molar-refractivity contribution is -0.151. The summed E-state index contributed by atoms with van der Waals surface area (Å²) in [4.78, 5) is 29.3. The summed E-state index contributed by atoms with van der Waals surface area (Å²) < 4.78 is 0. The molecular formula is C15H21N3O3. The number of nitrogens with zero attached hydrogens (tertiary/aromatic N) is 2. The van der Waals surface area contributed by atoms with Crippen molar-refractivity contribution in [3.8, 4) is 0 Å². The number of carbonyl (C=O) groups is 2. The zero-order valence-electron chi connectivity index (χ0n) is 12.2. The number of urea groups is 1. The van der Waals surface area contributed by atoms with Crippen LogP contribution in [-0.4, -0.2) is 40.1 Å². The molecule has 0 atom stereocenters. The summed E-state index contributed by atoms with van der Waals surface area (Å²) in [6.07, 6.45) is 3.31. The Kier molecular flexibility index (Phi) is 4.77. The minimum Gasteiger partial charge on any atom is -0.481 e. The fourth-order valence-electron chi connectivity index (χ4n) is 2.64. The average molecular weight is 291 g/mol. The molecule has 1 aliphatic rings. The van der Waals surface area contributed by atoms with Crippen LogP contribution >= 0.6 is 0 Å². The van der Waals surface area contributed by atoms with Crippen molar-refractivity contribution in [1.29, 1.82) is 0 Å². The summed E-state index contributed by atoms with van der Waals surface area (Å²) >= 11 is 0. The number of pyridine rings is 1. The summed E-state index contributed by atoms with van der Waals surface area (Å²) in [6, 6.07) is 5.39.